The lowest BCUT2D eigenvalue weighted by molar-refractivity contribution is 0.510. The first kappa shape index (κ1) is 14.4. The summed E-state index contributed by atoms with van der Waals surface area (Å²) in [5, 5.41) is 0.775. The molecule has 0 aliphatic heterocycles. The zero-order valence-electron chi connectivity index (χ0n) is 11.9. The van der Waals surface area contributed by atoms with Crippen LogP contribution in [-0.2, 0) is 6.42 Å². The van der Waals surface area contributed by atoms with Gasteiger partial charge in [-0.15, -0.1) is 0 Å². The third-order valence-corrected chi connectivity index (χ3v) is 3.82. The van der Waals surface area contributed by atoms with Gasteiger partial charge in [0.25, 0.3) is 0 Å². The third-order valence-electron chi connectivity index (χ3n) is 3.51. The van der Waals surface area contributed by atoms with Crippen LogP contribution in [0.25, 0.3) is 11.0 Å². The molecule has 0 radical (unpaired) electrons. The molecule has 2 rings (SSSR count). The zero-order chi connectivity index (χ0) is 14.0. The molecule has 2 N–H and O–H groups in total. The number of aryl methyl sites for hydroxylation is 1. The minimum Gasteiger partial charge on any atom is -0.330 e. The Hall–Kier alpha value is -1.06. The van der Waals surface area contributed by atoms with E-state index < -0.39 is 0 Å². The van der Waals surface area contributed by atoms with E-state index in [4.69, 9.17) is 22.3 Å². The molecule has 0 aliphatic rings. The molecule has 2 aromatic rings. The Bertz CT molecular complexity index is 560. The largest absolute Gasteiger partial charge is 0.330 e. The highest BCUT2D eigenvalue weighted by Gasteiger charge is 2.15. The van der Waals surface area contributed by atoms with Crippen LogP contribution < -0.4 is 5.73 Å². The molecule has 1 atom stereocenters. The van der Waals surface area contributed by atoms with Crippen molar-refractivity contribution in [2.45, 2.75) is 39.7 Å². The number of hydrogen-bond acceptors (Lipinski definition) is 2. The fourth-order valence-electron chi connectivity index (χ4n) is 2.38. The maximum Gasteiger partial charge on any atom is 0.110 e. The van der Waals surface area contributed by atoms with E-state index in [-0.39, 0.29) is 0 Å². The molecule has 1 aromatic heterocycles. The zero-order valence-corrected chi connectivity index (χ0v) is 12.6. The summed E-state index contributed by atoms with van der Waals surface area (Å²) in [6, 6.07) is 6.26. The Morgan fingerprint density at radius 1 is 1.32 bits per heavy atom. The molecule has 0 saturated heterocycles. The molecule has 4 heteroatoms. The van der Waals surface area contributed by atoms with Gasteiger partial charge in [-0.1, -0.05) is 24.6 Å². The molecule has 0 spiro atoms. The van der Waals surface area contributed by atoms with Crippen molar-refractivity contribution in [2.75, 3.05) is 6.54 Å². The lowest BCUT2D eigenvalue weighted by atomic mass is 10.1. The smallest absolute Gasteiger partial charge is 0.110 e. The Morgan fingerprint density at radius 2 is 2.05 bits per heavy atom. The normalized spacial score (nSPS) is 13.4. The molecule has 0 aliphatic carbocycles. The number of fused-ring (bicyclic) bond motifs is 1. The van der Waals surface area contributed by atoms with Crippen molar-refractivity contribution in [1.82, 2.24) is 9.55 Å². The number of nitrogens with zero attached hydrogens (tertiary/aromatic N) is 2. The molecule has 0 bridgehead atoms. The number of imidazole rings is 1. The second kappa shape index (κ2) is 5.93. The number of rotatable bonds is 5. The van der Waals surface area contributed by atoms with Gasteiger partial charge in [-0.05, 0) is 44.9 Å². The van der Waals surface area contributed by atoms with Crippen LogP contribution in [0, 0.1) is 5.92 Å². The number of nitrogens with two attached hydrogens (primary N) is 1. The van der Waals surface area contributed by atoms with Crippen LogP contribution in [0.5, 0.6) is 0 Å². The summed E-state index contributed by atoms with van der Waals surface area (Å²) in [4.78, 5) is 4.74. The third kappa shape index (κ3) is 2.93. The van der Waals surface area contributed by atoms with Gasteiger partial charge in [-0.25, -0.2) is 4.98 Å². The van der Waals surface area contributed by atoms with Gasteiger partial charge >= 0.3 is 0 Å². The van der Waals surface area contributed by atoms with Gasteiger partial charge in [-0.3, -0.25) is 0 Å². The number of aromatic nitrogens is 2. The fraction of sp³-hybridized carbons (Fsp3) is 0.533. The van der Waals surface area contributed by atoms with Crippen molar-refractivity contribution in [1.29, 1.82) is 0 Å². The van der Waals surface area contributed by atoms with Gasteiger partial charge in [0.1, 0.15) is 5.82 Å². The number of halogens is 1. The molecule has 1 aromatic carbocycles. The van der Waals surface area contributed by atoms with Crippen LogP contribution in [0.3, 0.4) is 0 Å². The second-order valence-electron chi connectivity index (χ2n) is 5.48. The lowest BCUT2D eigenvalue weighted by Gasteiger charge is -2.15. The second-order valence-corrected chi connectivity index (χ2v) is 5.89. The molecule has 19 heavy (non-hydrogen) atoms. The van der Waals surface area contributed by atoms with E-state index in [0.717, 1.165) is 41.3 Å². The van der Waals surface area contributed by atoms with Gasteiger partial charge < -0.3 is 10.3 Å². The molecule has 1 heterocycles. The van der Waals surface area contributed by atoms with Crippen LogP contribution in [0.15, 0.2) is 18.2 Å². The monoisotopic (exact) mass is 279 g/mol. The summed E-state index contributed by atoms with van der Waals surface area (Å²) in [6.07, 6.45) is 2.01. The average molecular weight is 280 g/mol. The van der Waals surface area contributed by atoms with Gasteiger partial charge in [0.05, 0.1) is 16.1 Å². The molecule has 3 nitrogen and oxygen atoms in total. The first-order valence-electron chi connectivity index (χ1n) is 6.90. The van der Waals surface area contributed by atoms with Crippen LogP contribution in [0.2, 0.25) is 5.02 Å². The number of benzene rings is 1. The number of hydrogen-bond donors (Lipinski definition) is 1. The standard InChI is InChI=1S/C15H22ClN3/c1-10(2)19-14(8-7-11(3)9-17)18-13-6-4-5-12(16)15(13)19/h4-6,10-11H,7-9,17H2,1-3H3. The SMILES string of the molecule is CC(CN)CCc1nc2cccc(Cl)c2n1C(C)C. The van der Waals surface area contributed by atoms with E-state index >= 15 is 0 Å². The molecular formula is C15H22ClN3. The lowest BCUT2D eigenvalue weighted by Crippen LogP contribution is -2.13. The maximum absolute atomic E-state index is 6.33. The van der Waals surface area contributed by atoms with E-state index in [1.165, 1.54) is 0 Å². The van der Waals surface area contributed by atoms with E-state index in [1.807, 2.05) is 18.2 Å². The minimum atomic E-state index is 0.355. The minimum absolute atomic E-state index is 0.355. The molecule has 1 unspecified atom stereocenters. The van der Waals surface area contributed by atoms with Crippen molar-refractivity contribution in [3.05, 3.63) is 29.0 Å². The molecule has 0 saturated carbocycles. The predicted molar refractivity (Wildman–Crippen MR) is 81.7 cm³/mol. The molecular weight excluding hydrogens is 258 g/mol. The van der Waals surface area contributed by atoms with Crippen LogP contribution in [-0.4, -0.2) is 16.1 Å². The highest BCUT2D eigenvalue weighted by atomic mass is 35.5. The summed E-state index contributed by atoms with van der Waals surface area (Å²) in [6.45, 7) is 7.23. The first-order valence-corrected chi connectivity index (χ1v) is 7.27. The van der Waals surface area contributed by atoms with Gasteiger partial charge in [0, 0.05) is 12.5 Å². The quantitative estimate of drug-likeness (QED) is 0.905. The van der Waals surface area contributed by atoms with Crippen molar-refractivity contribution in [3.8, 4) is 0 Å². The van der Waals surface area contributed by atoms with Crippen LogP contribution >= 0.6 is 11.6 Å². The Balaban J connectivity index is 2.43. The van der Waals surface area contributed by atoms with Gasteiger partial charge in [-0.2, -0.15) is 0 Å². The van der Waals surface area contributed by atoms with Crippen LogP contribution in [0.1, 0.15) is 39.1 Å². The maximum atomic E-state index is 6.33. The van der Waals surface area contributed by atoms with E-state index in [9.17, 15) is 0 Å². The summed E-state index contributed by atoms with van der Waals surface area (Å²) in [5.41, 5.74) is 7.72. The highest BCUT2D eigenvalue weighted by Crippen LogP contribution is 2.28. The topological polar surface area (TPSA) is 43.8 Å². The fourth-order valence-corrected chi connectivity index (χ4v) is 2.64. The van der Waals surface area contributed by atoms with Crippen LogP contribution in [0.4, 0.5) is 0 Å². The van der Waals surface area contributed by atoms with Crippen molar-refractivity contribution in [3.63, 3.8) is 0 Å². The van der Waals surface area contributed by atoms with Crippen molar-refractivity contribution in [2.24, 2.45) is 11.7 Å². The molecule has 0 amide bonds. The van der Waals surface area contributed by atoms with Gasteiger partial charge in [0.2, 0.25) is 0 Å². The van der Waals surface area contributed by atoms with Gasteiger partial charge in [0.15, 0.2) is 0 Å². The average Bonchev–Trinajstić information content (AvgIpc) is 2.75. The van der Waals surface area contributed by atoms with E-state index in [1.54, 1.807) is 0 Å². The molecule has 104 valence electrons. The Morgan fingerprint density at radius 3 is 2.68 bits per heavy atom. The van der Waals surface area contributed by atoms with Crippen molar-refractivity contribution < 1.29 is 0 Å². The summed E-state index contributed by atoms with van der Waals surface area (Å²) < 4.78 is 2.25. The number of para-hydroxylation sites is 1. The molecule has 0 fully saturated rings. The van der Waals surface area contributed by atoms with E-state index in [2.05, 4.69) is 25.3 Å². The summed E-state index contributed by atoms with van der Waals surface area (Å²) in [5.74, 6) is 1.63. The predicted octanol–water partition coefficient (Wildman–Crippen LogP) is 3.80. The van der Waals surface area contributed by atoms with E-state index in [0.29, 0.717) is 12.0 Å². The Kier molecular flexibility index (Phi) is 4.48. The highest BCUT2D eigenvalue weighted by molar-refractivity contribution is 6.35. The van der Waals surface area contributed by atoms with Crippen molar-refractivity contribution >= 4 is 22.6 Å². The first-order chi connectivity index (χ1) is 9.04. The Labute approximate surface area is 119 Å². The summed E-state index contributed by atoms with van der Waals surface area (Å²) >= 11 is 6.33. The summed E-state index contributed by atoms with van der Waals surface area (Å²) in [7, 11) is 0.